The fourth-order valence-corrected chi connectivity index (χ4v) is 3.00. The zero-order valence-corrected chi connectivity index (χ0v) is 14.5. The minimum atomic E-state index is -0.103. The molecular weight excluding hydrogens is 332 g/mol. The van der Waals surface area contributed by atoms with Gasteiger partial charge in [-0.25, -0.2) is 9.97 Å². The molecule has 1 aromatic heterocycles. The standard InChI is InChI=1S/C19H20N4O3/c1-25-16-4-2-3-13(11-16)18(24)23-14-5-7-15(8-6-14)26-19-17(12-20)21-9-10-22-19/h2-4,9-11,14-15H,5-8H2,1H3,(H,23,24). The van der Waals surface area contributed by atoms with E-state index in [4.69, 9.17) is 14.7 Å². The summed E-state index contributed by atoms with van der Waals surface area (Å²) in [5, 5.41) is 12.1. The summed E-state index contributed by atoms with van der Waals surface area (Å²) in [5.74, 6) is 0.833. The quantitative estimate of drug-likeness (QED) is 0.888. The van der Waals surface area contributed by atoms with Crippen molar-refractivity contribution in [3.05, 3.63) is 47.9 Å². The van der Waals surface area contributed by atoms with Crippen LogP contribution < -0.4 is 14.8 Å². The molecule has 0 atom stereocenters. The van der Waals surface area contributed by atoms with Gasteiger partial charge in [0.15, 0.2) is 0 Å². The highest BCUT2D eigenvalue weighted by Gasteiger charge is 2.25. The van der Waals surface area contributed by atoms with E-state index >= 15 is 0 Å². The third-order valence-electron chi connectivity index (χ3n) is 4.39. The Balaban J connectivity index is 1.52. The van der Waals surface area contributed by atoms with Crippen LogP contribution in [0.5, 0.6) is 11.6 Å². The smallest absolute Gasteiger partial charge is 0.251 e. The second-order valence-electron chi connectivity index (χ2n) is 6.12. The fourth-order valence-electron chi connectivity index (χ4n) is 3.00. The second-order valence-corrected chi connectivity index (χ2v) is 6.12. The fraction of sp³-hybridized carbons (Fsp3) is 0.368. The van der Waals surface area contributed by atoms with Gasteiger partial charge in [0.2, 0.25) is 5.69 Å². The van der Waals surface area contributed by atoms with Gasteiger partial charge in [-0.15, -0.1) is 0 Å². The van der Waals surface area contributed by atoms with E-state index in [1.165, 1.54) is 12.4 Å². The summed E-state index contributed by atoms with van der Waals surface area (Å²) in [6, 6.07) is 9.18. The molecule has 1 aliphatic carbocycles. The van der Waals surface area contributed by atoms with E-state index in [2.05, 4.69) is 15.3 Å². The van der Waals surface area contributed by atoms with Gasteiger partial charge < -0.3 is 14.8 Å². The number of carbonyl (C=O) groups excluding carboxylic acids is 1. The van der Waals surface area contributed by atoms with Gasteiger partial charge in [0.05, 0.1) is 7.11 Å². The van der Waals surface area contributed by atoms with Gasteiger partial charge in [-0.2, -0.15) is 5.26 Å². The number of hydrogen-bond acceptors (Lipinski definition) is 6. The van der Waals surface area contributed by atoms with Gasteiger partial charge in [-0.3, -0.25) is 4.79 Å². The predicted octanol–water partition coefficient (Wildman–Crippen LogP) is 2.48. The Morgan fingerprint density at radius 2 is 2.00 bits per heavy atom. The minimum Gasteiger partial charge on any atom is -0.497 e. The van der Waals surface area contributed by atoms with Crippen LogP contribution in [0.4, 0.5) is 0 Å². The minimum absolute atomic E-state index is 0.0243. The molecule has 1 fully saturated rings. The normalized spacial score (nSPS) is 19.2. The Kier molecular flexibility index (Phi) is 5.64. The average molecular weight is 352 g/mol. The Labute approximate surface area is 152 Å². The molecule has 0 aliphatic heterocycles. The number of ether oxygens (including phenoxy) is 2. The summed E-state index contributed by atoms with van der Waals surface area (Å²) in [6.07, 6.45) is 6.14. The first-order chi connectivity index (χ1) is 12.7. The number of hydrogen-bond donors (Lipinski definition) is 1. The number of aromatic nitrogens is 2. The Morgan fingerprint density at radius 1 is 1.23 bits per heavy atom. The maximum absolute atomic E-state index is 12.4. The number of benzene rings is 1. The lowest BCUT2D eigenvalue weighted by molar-refractivity contribution is 0.0889. The Bertz CT molecular complexity index is 810. The van der Waals surface area contributed by atoms with E-state index in [0.717, 1.165) is 25.7 Å². The molecule has 0 saturated heterocycles. The molecule has 26 heavy (non-hydrogen) atoms. The van der Waals surface area contributed by atoms with Crippen LogP contribution in [0.2, 0.25) is 0 Å². The Hall–Kier alpha value is -3.14. The summed E-state index contributed by atoms with van der Waals surface area (Å²) < 4.78 is 11.0. The lowest BCUT2D eigenvalue weighted by atomic mass is 9.92. The first kappa shape index (κ1) is 17.7. The molecule has 0 spiro atoms. The second kappa shape index (κ2) is 8.30. The number of methoxy groups -OCH3 is 1. The van der Waals surface area contributed by atoms with Crippen LogP contribution in [0.3, 0.4) is 0 Å². The molecule has 134 valence electrons. The molecule has 7 heteroatoms. The van der Waals surface area contributed by atoms with Crippen LogP contribution in [-0.4, -0.2) is 35.1 Å². The summed E-state index contributed by atoms with van der Waals surface area (Å²) in [4.78, 5) is 20.4. The molecule has 1 aromatic carbocycles. The molecule has 0 radical (unpaired) electrons. The molecule has 1 heterocycles. The molecule has 1 saturated carbocycles. The largest absolute Gasteiger partial charge is 0.497 e. The Morgan fingerprint density at radius 3 is 2.73 bits per heavy atom. The zero-order valence-electron chi connectivity index (χ0n) is 14.5. The summed E-state index contributed by atoms with van der Waals surface area (Å²) in [6.45, 7) is 0. The lowest BCUT2D eigenvalue weighted by Crippen LogP contribution is -2.39. The van der Waals surface area contributed by atoms with Gasteiger partial charge in [-0.1, -0.05) is 6.07 Å². The van der Waals surface area contributed by atoms with E-state index in [0.29, 0.717) is 11.3 Å². The van der Waals surface area contributed by atoms with Crippen molar-refractivity contribution in [3.8, 4) is 17.7 Å². The average Bonchev–Trinajstić information content (AvgIpc) is 2.70. The van der Waals surface area contributed by atoms with Crippen molar-refractivity contribution < 1.29 is 14.3 Å². The van der Waals surface area contributed by atoms with Gasteiger partial charge >= 0.3 is 0 Å². The van der Waals surface area contributed by atoms with Crippen molar-refractivity contribution in [2.24, 2.45) is 0 Å². The highest BCUT2D eigenvalue weighted by molar-refractivity contribution is 5.94. The van der Waals surface area contributed by atoms with Crippen molar-refractivity contribution >= 4 is 5.91 Å². The summed E-state index contributed by atoms with van der Waals surface area (Å²) in [7, 11) is 1.58. The summed E-state index contributed by atoms with van der Waals surface area (Å²) in [5.41, 5.74) is 0.780. The van der Waals surface area contributed by atoms with Gasteiger partial charge in [0.1, 0.15) is 17.9 Å². The van der Waals surface area contributed by atoms with Gasteiger partial charge in [0, 0.05) is 24.0 Å². The number of carbonyl (C=O) groups is 1. The molecule has 1 N–H and O–H groups in total. The van der Waals surface area contributed by atoms with E-state index in [-0.39, 0.29) is 29.6 Å². The van der Waals surface area contributed by atoms with Crippen LogP contribution >= 0.6 is 0 Å². The molecule has 1 aliphatic rings. The monoisotopic (exact) mass is 352 g/mol. The van der Waals surface area contributed by atoms with Crippen LogP contribution in [0, 0.1) is 11.3 Å². The highest BCUT2D eigenvalue weighted by atomic mass is 16.5. The van der Waals surface area contributed by atoms with E-state index in [1.54, 1.807) is 31.4 Å². The number of rotatable bonds is 5. The van der Waals surface area contributed by atoms with Crippen molar-refractivity contribution in [1.82, 2.24) is 15.3 Å². The van der Waals surface area contributed by atoms with Gasteiger partial charge in [0.25, 0.3) is 11.8 Å². The molecular formula is C19H20N4O3. The number of nitrogens with zero attached hydrogens (tertiary/aromatic N) is 3. The third-order valence-corrected chi connectivity index (χ3v) is 4.39. The van der Waals surface area contributed by atoms with E-state index in [9.17, 15) is 4.79 Å². The van der Waals surface area contributed by atoms with Crippen LogP contribution in [0.25, 0.3) is 0 Å². The maximum Gasteiger partial charge on any atom is 0.251 e. The number of amides is 1. The van der Waals surface area contributed by atoms with Crippen molar-refractivity contribution in [1.29, 1.82) is 5.26 Å². The summed E-state index contributed by atoms with van der Waals surface area (Å²) >= 11 is 0. The SMILES string of the molecule is COc1cccc(C(=O)NC2CCC(Oc3nccnc3C#N)CC2)c1. The number of nitrogens with one attached hydrogen (secondary N) is 1. The van der Waals surface area contributed by atoms with Crippen LogP contribution in [0.1, 0.15) is 41.7 Å². The van der Waals surface area contributed by atoms with Crippen LogP contribution in [-0.2, 0) is 0 Å². The molecule has 0 unspecified atom stereocenters. The molecule has 2 aromatic rings. The van der Waals surface area contributed by atoms with Crippen LogP contribution in [0.15, 0.2) is 36.7 Å². The highest BCUT2D eigenvalue weighted by Crippen LogP contribution is 2.24. The molecule has 0 bridgehead atoms. The molecule has 7 nitrogen and oxygen atoms in total. The van der Waals surface area contributed by atoms with Crippen molar-refractivity contribution in [2.45, 2.75) is 37.8 Å². The zero-order chi connectivity index (χ0) is 18.4. The lowest BCUT2D eigenvalue weighted by Gasteiger charge is -2.29. The number of nitriles is 1. The topological polar surface area (TPSA) is 97.1 Å². The predicted molar refractivity (Wildman–Crippen MR) is 93.9 cm³/mol. The van der Waals surface area contributed by atoms with E-state index in [1.807, 2.05) is 6.07 Å². The first-order valence-electron chi connectivity index (χ1n) is 8.52. The van der Waals surface area contributed by atoms with E-state index < -0.39 is 0 Å². The van der Waals surface area contributed by atoms with Crippen molar-refractivity contribution in [3.63, 3.8) is 0 Å². The maximum atomic E-state index is 12.4. The van der Waals surface area contributed by atoms with Gasteiger partial charge in [-0.05, 0) is 43.9 Å². The molecule has 1 amide bonds. The molecule has 3 rings (SSSR count). The first-order valence-corrected chi connectivity index (χ1v) is 8.52. The van der Waals surface area contributed by atoms with Crippen molar-refractivity contribution in [2.75, 3.05) is 7.11 Å². The third kappa shape index (κ3) is 4.28.